The fourth-order valence-corrected chi connectivity index (χ4v) is 3.47. The lowest BCUT2D eigenvalue weighted by Crippen LogP contribution is -2.36. The third kappa shape index (κ3) is 8.50. The van der Waals surface area contributed by atoms with E-state index in [-0.39, 0.29) is 35.7 Å². The van der Waals surface area contributed by atoms with Crippen LogP contribution in [0.4, 0.5) is 5.69 Å². The summed E-state index contributed by atoms with van der Waals surface area (Å²) >= 11 is 3.30. The van der Waals surface area contributed by atoms with Crippen molar-refractivity contribution in [3.05, 3.63) is 52.0 Å². The van der Waals surface area contributed by atoms with Gasteiger partial charge in [0.05, 0.1) is 20.2 Å². The Bertz CT molecular complexity index is 1150. The van der Waals surface area contributed by atoms with Gasteiger partial charge >= 0.3 is 23.9 Å². The first kappa shape index (κ1) is 27.5. The first-order chi connectivity index (χ1) is 16.5. The minimum atomic E-state index is -1.21. The average molecular weight is 551 g/mol. The number of hydrogen-bond donors (Lipinski definition) is 2. The molecule has 0 aliphatic rings. The first-order valence-electron chi connectivity index (χ1n) is 10.1. The minimum Gasteiger partial charge on any atom is -0.480 e. The second kappa shape index (κ2) is 12.6. The van der Waals surface area contributed by atoms with Crippen molar-refractivity contribution in [1.82, 2.24) is 4.90 Å². The molecule has 0 bridgehead atoms. The molecule has 11 nitrogen and oxygen atoms in total. The van der Waals surface area contributed by atoms with Gasteiger partial charge in [0.1, 0.15) is 5.56 Å². The maximum atomic E-state index is 12.6. The van der Waals surface area contributed by atoms with Gasteiger partial charge in [-0.15, -0.1) is 0 Å². The molecule has 12 heteroatoms. The molecule has 0 heterocycles. The minimum absolute atomic E-state index is 0.181. The number of carbonyl (C=O) groups is 5. The lowest BCUT2D eigenvalue weighted by atomic mass is 10.1. The van der Waals surface area contributed by atoms with Crippen LogP contribution in [-0.2, 0) is 30.5 Å². The van der Waals surface area contributed by atoms with Crippen LogP contribution in [0, 0.1) is 0 Å². The quantitative estimate of drug-likeness (QED) is 0.334. The van der Waals surface area contributed by atoms with Crippen LogP contribution in [-0.4, -0.2) is 60.0 Å². The number of halogens is 1. The van der Waals surface area contributed by atoms with E-state index in [0.29, 0.717) is 5.69 Å². The molecule has 35 heavy (non-hydrogen) atoms. The summed E-state index contributed by atoms with van der Waals surface area (Å²) in [6.45, 7) is 1.13. The number of nitrogens with one attached hydrogen (secondary N) is 1. The maximum absolute atomic E-state index is 12.6. The highest BCUT2D eigenvalue weighted by Crippen LogP contribution is 2.37. The highest BCUT2D eigenvalue weighted by atomic mass is 79.9. The average Bonchev–Trinajstić information content (AvgIpc) is 2.74. The Morgan fingerprint density at radius 2 is 1.63 bits per heavy atom. The van der Waals surface area contributed by atoms with Crippen molar-refractivity contribution >= 4 is 51.4 Å². The Balaban J connectivity index is 2.42. The zero-order valence-electron chi connectivity index (χ0n) is 19.1. The molecule has 1 amide bonds. The van der Waals surface area contributed by atoms with E-state index in [1.807, 2.05) is 0 Å². The number of carbonyl (C=O) groups excluding carboxylic acids is 4. The van der Waals surface area contributed by atoms with Gasteiger partial charge in [0.2, 0.25) is 5.91 Å². The molecule has 0 spiro atoms. The fourth-order valence-electron chi connectivity index (χ4n) is 3.07. The van der Waals surface area contributed by atoms with E-state index in [2.05, 4.69) is 21.2 Å². The molecule has 0 aromatic heterocycles. The smallest absolute Gasteiger partial charge is 0.341 e. The van der Waals surface area contributed by atoms with E-state index in [9.17, 15) is 29.1 Å². The first-order valence-corrected chi connectivity index (χ1v) is 10.9. The Kier molecular flexibility index (Phi) is 9.91. The molecule has 0 fully saturated rings. The van der Waals surface area contributed by atoms with E-state index in [0.717, 1.165) is 25.4 Å². The van der Waals surface area contributed by atoms with Gasteiger partial charge < -0.3 is 24.6 Å². The molecule has 2 N–H and O–H groups in total. The molecule has 0 aliphatic heterocycles. The van der Waals surface area contributed by atoms with Gasteiger partial charge in [0.15, 0.2) is 11.5 Å². The summed E-state index contributed by atoms with van der Waals surface area (Å²) in [6.07, 6.45) is 0. The highest BCUT2D eigenvalue weighted by molar-refractivity contribution is 9.10. The number of hydrogen-bond acceptors (Lipinski definition) is 9. The molecule has 0 saturated heterocycles. The number of esters is 3. The molecule has 0 radical (unpaired) electrons. The lowest BCUT2D eigenvalue weighted by molar-refractivity contribution is -0.139. The number of amides is 1. The third-order valence-corrected chi connectivity index (χ3v) is 4.81. The summed E-state index contributed by atoms with van der Waals surface area (Å²) in [5.74, 6) is -4.75. The van der Waals surface area contributed by atoms with Crippen LogP contribution >= 0.6 is 15.9 Å². The summed E-state index contributed by atoms with van der Waals surface area (Å²) in [6, 6.07) is 9.52. The van der Waals surface area contributed by atoms with Crippen LogP contribution in [0.5, 0.6) is 11.5 Å². The van der Waals surface area contributed by atoms with Crippen molar-refractivity contribution in [2.45, 2.75) is 20.4 Å². The summed E-state index contributed by atoms with van der Waals surface area (Å²) in [7, 11) is 1.12. The molecule has 0 aliphatic carbocycles. The zero-order valence-corrected chi connectivity index (χ0v) is 20.7. The van der Waals surface area contributed by atoms with Gasteiger partial charge in [-0.05, 0) is 24.3 Å². The number of anilines is 1. The molecule has 186 valence electrons. The number of benzene rings is 2. The zero-order chi connectivity index (χ0) is 26.1. The summed E-state index contributed by atoms with van der Waals surface area (Å²) in [5, 5.41) is 12.0. The van der Waals surface area contributed by atoms with Crippen LogP contribution in [0.1, 0.15) is 29.8 Å². The second-order valence-corrected chi connectivity index (χ2v) is 8.12. The third-order valence-electron chi connectivity index (χ3n) is 4.32. The molecule has 2 aromatic carbocycles. The number of methoxy groups -OCH3 is 1. The van der Waals surface area contributed by atoms with E-state index in [1.165, 1.54) is 17.0 Å². The van der Waals surface area contributed by atoms with E-state index in [4.69, 9.17) is 14.2 Å². The molecule has 0 atom stereocenters. The predicted octanol–water partition coefficient (Wildman–Crippen LogP) is 2.61. The van der Waals surface area contributed by atoms with Crippen molar-refractivity contribution in [3.63, 3.8) is 0 Å². The summed E-state index contributed by atoms with van der Waals surface area (Å²) in [4.78, 5) is 60.9. The largest absolute Gasteiger partial charge is 0.480 e. The normalized spacial score (nSPS) is 10.4. The Morgan fingerprint density at radius 1 is 0.971 bits per heavy atom. The van der Waals surface area contributed by atoms with E-state index >= 15 is 0 Å². The van der Waals surface area contributed by atoms with Crippen molar-refractivity contribution in [2.75, 3.05) is 25.5 Å². The number of rotatable bonds is 10. The Morgan fingerprint density at radius 3 is 2.20 bits per heavy atom. The number of ether oxygens (including phenoxy) is 3. The van der Waals surface area contributed by atoms with Crippen molar-refractivity contribution in [3.8, 4) is 11.5 Å². The van der Waals surface area contributed by atoms with E-state index in [1.54, 1.807) is 24.3 Å². The van der Waals surface area contributed by atoms with E-state index < -0.39 is 36.3 Å². The Hall–Kier alpha value is -3.77. The standard InChI is InChI=1S/C23H23BrN2O9/c1-13(27)34-21-15(7-8-18(23(32)33-3)22(21)35-14(2)28)10-26(12-20(30)31)11-19(29)25-17-6-4-5-16(24)9-17/h4-9H,10-12H2,1-3H3,(H,25,29)(H,30,31). The SMILES string of the molecule is COC(=O)c1ccc(CN(CC(=O)O)CC(=O)Nc2cccc(Br)c2)c(OC(C)=O)c1OC(C)=O. The summed E-state index contributed by atoms with van der Waals surface area (Å²) < 4.78 is 15.8. The number of nitrogens with zero attached hydrogens (tertiary/aromatic N) is 1. The van der Waals surface area contributed by atoms with Crippen LogP contribution in [0.3, 0.4) is 0 Å². The maximum Gasteiger partial charge on any atom is 0.341 e. The topological polar surface area (TPSA) is 149 Å². The number of carboxylic acid groups (broad SMARTS) is 1. The lowest BCUT2D eigenvalue weighted by Gasteiger charge is -2.22. The molecule has 0 saturated carbocycles. The second-order valence-electron chi connectivity index (χ2n) is 7.21. The van der Waals surface area contributed by atoms with Crippen molar-refractivity contribution < 1.29 is 43.3 Å². The van der Waals surface area contributed by atoms with Gasteiger partial charge in [0.25, 0.3) is 0 Å². The molecular formula is C23H23BrN2O9. The molecule has 0 unspecified atom stereocenters. The van der Waals surface area contributed by atoms with Gasteiger partial charge in [-0.3, -0.25) is 24.1 Å². The highest BCUT2D eigenvalue weighted by Gasteiger charge is 2.26. The number of carboxylic acids is 1. The van der Waals surface area contributed by atoms with Crippen LogP contribution < -0.4 is 14.8 Å². The number of aliphatic carboxylic acids is 1. The van der Waals surface area contributed by atoms with Gasteiger partial charge in [-0.1, -0.05) is 28.1 Å². The van der Waals surface area contributed by atoms with Gasteiger partial charge in [-0.2, -0.15) is 0 Å². The van der Waals surface area contributed by atoms with Crippen LogP contribution in [0.15, 0.2) is 40.9 Å². The van der Waals surface area contributed by atoms with Crippen LogP contribution in [0.25, 0.3) is 0 Å². The fraction of sp³-hybridized carbons (Fsp3) is 0.261. The Labute approximate surface area is 209 Å². The molecule has 2 aromatic rings. The molecular weight excluding hydrogens is 528 g/mol. The summed E-state index contributed by atoms with van der Waals surface area (Å²) in [5.41, 5.74) is 0.514. The van der Waals surface area contributed by atoms with Crippen molar-refractivity contribution in [1.29, 1.82) is 0 Å². The van der Waals surface area contributed by atoms with Crippen LogP contribution in [0.2, 0.25) is 0 Å². The monoisotopic (exact) mass is 550 g/mol. The molecule has 2 rings (SSSR count). The predicted molar refractivity (Wildman–Crippen MR) is 126 cm³/mol. The van der Waals surface area contributed by atoms with Crippen molar-refractivity contribution in [2.24, 2.45) is 0 Å². The van der Waals surface area contributed by atoms with Gasteiger partial charge in [-0.25, -0.2) is 4.79 Å². The van der Waals surface area contributed by atoms with Gasteiger partial charge in [0, 0.05) is 36.1 Å².